The van der Waals surface area contributed by atoms with Gasteiger partial charge in [-0.3, -0.25) is 9.59 Å². The summed E-state index contributed by atoms with van der Waals surface area (Å²) < 4.78 is 13.9. The number of dihydropyridines is 1. The largest absolute Gasteiger partial charge is 0.511 e. The van der Waals surface area contributed by atoms with Crippen LogP contribution in [0.5, 0.6) is 11.5 Å². The lowest BCUT2D eigenvalue weighted by atomic mass is 9.46. The molecule has 20 unspecified atom stereocenters. The van der Waals surface area contributed by atoms with Crippen molar-refractivity contribution in [2.75, 3.05) is 19.0 Å². The first kappa shape index (κ1) is 61.4. The van der Waals surface area contributed by atoms with Crippen LogP contribution in [0.15, 0.2) is 125 Å². The molecule has 3 heterocycles. The summed E-state index contributed by atoms with van der Waals surface area (Å²) in [5.41, 5.74) is -2.34. The first-order valence-corrected chi connectivity index (χ1v) is 37.2. The quantitative estimate of drug-likeness (QED) is 0.0780. The van der Waals surface area contributed by atoms with Crippen molar-refractivity contribution in [2.24, 2.45) is 74.4 Å². The van der Waals surface area contributed by atoms with Gasteiger partial charge in [-0.2, -0.15) is 0 Å². The van der Waals surface area contributed by atoms with Crippen LogP contribution in [-0.4, -0.2) is 118 Å². The van der Waals surface area contributed by atoms with Gasteiger partial charge < -0.3 is 65.8 Å². The highest BCUT2D eigenvalue weighted by atomic mass is 33.1. The number of ether oxygens (including phenoxy) is 2. The van der Waals surface area contributed by atoms with E-state index in [1.807, 2.05) is 48.6 Å². The van der Waals surface area contributed by atoms with Gasteiger partial charge in [0.25, 0.3) is 0 Å². The molecule has 3 aromatic rings. The number of carbonyl (C=O) groups is 3. The Morgan fingerprint density at radius 2 is 1.62 bits per heavy atom. The minimum Gasteiger partial charge on any atom is -0.511 e. The third-order valence-electron chi connectivity index (χ3n) is 27.5. The Hall–Kier alpha value is -5.21. The van der Waals surface area contributed by atoms with E-state index in [4.69, 9.17) is 9.47 Å². The highest BCUT2D eigenvalue weighted by Crippen LogP contribution is 2.80. The van der Waals surface area contributed by atoms with E-state index in [0.717, 1.165) is 112 Å². The van der Waals surface area contributed by atoms with Crippen LogP contribution in [0.4, 0.5) is 0 Å². The Morgan fingerprint density at radius 3 is 2.46 bits per heavy atom. The molecule has 12 aliphatic carbocycles. The number of phenolic OH excluding ortho intramolecular Hbond substituents is 1. The molecule has 20 atom stereocenters. The molecule has 10 N–H and O–H groups in total. The van der Waals surface area contributed by atoms with E-state index in [2.05, 4.69) is 22.8 Å². The number of fused-ring (bicyclic) bond motifs is 3. The molecule has 15 aliphatic rings. The summed E-state index contributed by atoms with van der Waals surface area (Å²) in [6.07, 6.45) is 19.5. The summed E-state index contributed by atoms with van der Waals surface area (Å²) >= 11 is 0. The second kappa shape index (κ2) is 21.9. The standard InChI is InChI=1S/C76H88N2O13S2/c79-35-45-8-3-6-42(23-45)24-46-28-58(83)75-59-16-19-72(88)17-2-1-9-49(72)13-14-53(46)62(75)63(84)54-11-5-12-57(61(54)65(75)85)90-67-66(86)76(89)64-48(31-73(40-81,91-67)68(76)87)26-47-27-50-33-71(39-74(50,64)56-29-60(77-34-55(47)56)78-41-92-93-59)38-70(32-51(71)36-80)21-20-69(37-70)18-15-44(30-69)22-43-7-4-10-52(82)25-43/h3-8,10-14,23,25,28-29,36,44,47-51,59,62,64,66-68,77-79,81-83,86-89H,1-2,9,15-22,24,26-27,30-35,37-41H2. The second-order valence-electron chi connectivity index (χ2n) is 32.0. The second-order valence-corrected chi connectivity index (χ2v) is 34.6. The van der Waals surface area contributed by atoms with Gasteiger partial charge in [0.05, 0.1) is 42.0 Å². The normalized spacial score (nSPS) is 44.2. The number of carbonyl (C=O) groups excluding carboxylic acids is 3. The monoisotopic (exact) mass is 1300 g/mol. The zero-order valence-electron chi connectivity index (χ0n) is 52.8. The van der Waals surface area contributed by atoms with Crippen molar-refractivity contribution in [3.8, 4) is 11.5 Å². The number of hydrogen-bond acceptors (Lipinski definition) is 17. The van der Waals surface area contributed by atoms with E-state index in [1.165, 1.54) is 33.4 Å². The van der Waals surface area contributed by atoms with Gasteiger partial charge in [-0.25, -0.2) is 0 Å². The van der Waals surface area contributed by atoms with Crippen molar-refractivity contribution >= 4 is 39.4 Å². The molecule has 8 fully saturated rings. The number of aldehydes is 1. The predicted octanol–water partition coefficient (Wildman–Crippen LogP) is 10.4. The van der Waals surface area contributed by atoms with Crippen LogP contribution in [0.25, 0.3) is 0 Å². The fourth-order valence-electron chi connectivity index (χ4n) is 24.1. The summed E-state index contributed by atoms with van der Waals surface area (Å²) in [4.78, 5) is 47.4. The molecule has 0 aromatic heterocycles. The minimum atomic E-state index is -2.39. The van der Waals surface area contributed by atoms with Gasteiger partial charge in [0.15, 0.2) is 11.6 Å². The molecule has 0 amide bonds. The summed E-state index contributed by atoms with van der Waals surface area (Å²) in [5.74, 6) is -2.39. The molecule has 93 heavy (non-hydrogen) atoms. The molecule has 0 radical (unpaired) electrons. The third-order valence-corrected chi connectivity index (χ3v) is 30.2. The SMILES string of the molecule is O=CC1CC2(CCC3(CCC(Cc4cccc(O)c4)C3)C2)CC12CC1CC3CC4CC5(CO)OC6Oc7cccc8c7C(=O)C79C(O)=CC(Cc%10cccc(CO)c%10)=C(C=CC%10CCCCC%10(O)CCC7SSCNC7=CC(=C3CN7)C1(C2)C4C(O)(C6O)C5O)C9C8=O. The van der Waals surface area contributed by atoms with Crippen molar-refractivity contribution in [3.05, 3.63) is 153 Å². The van der Waals surface area contributed by atoms with Crippen LogP contribution in [-0.2, 0) is 29.0 Å². The number of nitrogens with one attached hydrogen (secondary N) is 2. The molecule has 7 saturated carbocycles. The van der Waals surface area contributed by atoms with Crippen LogP contribution in [0.2, 0.25) is 0 Å². The molecule has 17 heteroatoms. The fourth-order valence-corrected chi connectivity index (χ4v) is 26.9. The van der Waals surface area contributed by atoms with Gasteiger partial charge in [0.2, 0.25) is 6.29 Å². The number of benzene rings is 3. The number of allylic oxidation sites excluding steroid dienone is 7. The van der Waals surface area contributed by atoms with Crippen molar-refractivity contribution in [1.82, 2.24) is 10.6 Å². The van der Waals surface area contributed by atoms with Gasteiger partial charge in [-0.1, -0.05) is 95.1 Å². The Bertz CT molecular complexity index is 3810. The lowest BCUT2D eigenvalue weighted by molar-refractivity contribution is -0.392. The highest BCUT2D eigenvalue weighted by molar-refractivity contribution is 8.76. The fraction of sp³-hybridized carbons (Fsp3) is 0.592. The van der Waals surface area contributed by atoms with Crippen LogP contribution in [0.3, 0.4) is 0 Å². The maximum absolute atomic E-state index is 16.9. The van der Waals surface area contributed by atoms with Crippen LogP contribution in [0.1, 0.15) is 159 Å². The van der Waals surface area contributed by atoms with Gasteiger partial charge in [0.1, 0.15) is 52.4 Å². The zero-order valence-corrected chi connectivity index (χ0v) is 54.4. The number of rotatable bonds is 7. The smallest absolute Gasteiger partial charge is 0.229 e. The summed E-state index contributed by atoms with van der Waals surface area (Å²) in [5, 5.41) is 107. The molecule has 1 saturated heterocycles. The molecule has 18 rings (SSSR count). The Labute approximate surface area is 551 Å². The number of aromatic hydroxyl groups is 1. The van der Waals surface area contributed by atoms with E-state index in [0.29, 0.717) is 66.5 Å². The van der Waals surface area contributed by atoms with E-state index >= 15 is 9.59 Å². The van der Waals surface area contributed by atoms with Crippen molar-refractivity contribution in [1.29, 1.82) is 0 Å². The average Bonchev–Trinajstić information content (AvgIpc) is 1.61. The lowest BCUT2D eigenvalue weighted by Crippen LogP contribution is -2.81. The molecule has 5 spiro atoms. The first-order valence-electron chi connectivity index (χ1n) is 34.8. The lowest BCUT2D eigenvalue weighted by Gasteiger charge is -2.65. The van der Waals surface area contributed by atoms with Gasteiger partial charge in [-0.05, 0) is 231 Å². The van der Waals surface area contributed by atoms with Crippen LogP contribution >= 0.6 is 21.6 Å². The number of aliphatic hydroxyl groups is 7. The Kier molecular flexibility index (Phi) is 14.5. The zero-order chi connectivity index (χ0) is 63.8. The summed E-state index contributed by atoms with van der Waals surface area (Å²) in [6.45, 7) is -0.389. The highest BCUT2D eigenvalue weighted by Gasteiger charge is 2.80. The van der Waals surface area contributed by atoms with E-state index in [9.17, 15) is 45.6 Å². The van der Waals surface area contributed by atoms with Gasteiger partial charge >= 0.3 is 0 Å². The van der Waals surface area contributed by atoms with E-state index < -0.39 is 86.8 Å². The van der Waals surface area contributed by atoms with Crippen molar-refractivity contribution in [2.45, 2.75) is 182 Å². The van der Waals surface area contributed by atoms with E-state index in [-0.39, 0.29) is 88.9 Å². The third kappa shape index (κ3) is 8.90. The molecular weight excluding hydrogens is 1210 g/mol. The number of Topliss-reactive ketones (excluding diaryl/α,β-unsaturated/α-hetero) is 2. The maximum atomic E-state index is 16.9. The van der Waals surface area contributed by atoms with Gasteiger partial charge in [0, 0.05) is 40.5 Å². The average molecular weight is 1300 g/mol. The van der Waals surface area contributed by atoms with E-state index in [1.54, 1.807) is 30.3 Å². The predicted molar refractivity (Wildman–Crippen MR) is 351 cm³/mol. The number of ketones is 2. The first-order chi connectivity index (χ1) is 44.8. The van der Waals surface area contributed by atoms with Crippen LogP contribution in [0, 0.1) is 74.4 Å². The van der Waals surface area contributed by atoms with Crippen molar-refractivity contribution in [3.63, 3.8) is 0 Å². The summed E-state index contributed by atoms with van der Waals surface area (Å²) in [6, 6.07) is 20.0. The topological polar surface area (TPSA) is 256 Å². The molecule has 3 aliphatic heterocycles. The maximum Gasteiger partial charge on any atom is 0.229 e. The number of aliphatic hydroxyl groups excluding tert-OH is 5. The Morgan fingerprint density at radius 1 is 0.796 bits per heavy atom. The number of phenols is 1. The van der Waals surface area contributed by atoms with Gasteiger partial charge in [-0.15, -0.1) is 0 Å². The van der Waals surface area contributed by atoms with Crippen LogP contribution < -0.4 is 15.4 Å². The molecule has 3 aromatic carbocycles. The minimum absolute atomic E-state index is 0.0444. The number of hydrogen-bond donors (Lipinski definition) is 10. The Balaban J connectivity index is 0.791. The molecular formula is C76H88N2O13S2. The summed E-state index contributed by atoms with van der Waals surface area (Å²) in [7, 11) is 2.92. The van der Waals surface area contributed by atoms with Crippen molar-refractivity contribution < 1.29 is 64.7 Å². The molecule has 492 valence electrons. The molecule has 11 bridgehead atoms. The molecule has 15 nitrogen and oxygen atoms in total.